The molecule has 0 aromatic heterocycles. The molecule has 0 aromatic carbocycles. The Hall–Kier alpha value is 2.45. The van der Waals surface area contributed by atoms with Crippen molar-refractivity contribution >= 4 is 54.6 Å². The summed E-state index contributed by atoms with van der Waals surface area (Å²) >= 11 is -1.92. The fraction of sp³-hybridized carbons (Fsp3) is 1.00. The summed E-state index contributed by atoms with van der Waals surface area (Å²) in [4.78, 5) is 0. The molecule has 162 valence electrons. The molecule has 9 nitrogen and oxygen atoms in total. The van der Waals surface area contributed by atoms with E-state index in [4.69, 9.17) is 28.8 Å². The van der Waals surface area contributed by atoms with E-state index in [9.17, 15) is 0 Å². The van der Waals surface area contributed by atoms with Gasteiger partial charge in [0.15, 0.2) is 0 Å². The van der Waals surface area contributed by atoms with Gasteiger partial charge in [0.25, 0.3) is 0 Å². The van der Waals surface area contributed by atoms with Crippen LogP contribution in [0.2, 0.25) is 0 Å². The Morgan fingerprint density at radius 2 is 0.480 bits per heavy atom. The van der Waals surface area contributed by atoms with Crippen LogP contribution in [-0.4, -0.2) is 64.0 Å². The summed E-state index contributed by atoms with van der Waals surface area (Å²) in [6.45, 7) is 0. The maximum absolute atomic E-state index is 4.97. The number of hydrogen-bond acceptors (Lipinski definition) is 9. The summed E-state index contributed by atoms with van der Waals surface area (Å²) in [6.07, 6.45) is 0. The van der Waals surface area contributed by atoms with Gasteiger partial charge in [-0.25, -0.2) is 0 Å². The van der Waals surface area contributed by atoms with Gasteiger partial charge in [0, 0.05) is 64.0 Å². The molecule has 0 saturated heterocycles. The molecular formula is C9H27Cl3IrO9P3. The molecule has 0 aliphatic rings. The molecule has 0 aromatic rings. The van der Waals surface area contributed by atoms with E-state index < -0.39 is 39.3 Å². The van der Waals surface area contributed by atoms with E-state index in [1.807, 2.05) is 0 Å². The van der Waals surface area contributed by atoms with Gasteiger partial charge in [-0.2, -0.15) is 0 Å². The Labute approximate surface area is 172 Å². The van der Waals surface area contributed by atoms with E-state index in [1.165, 1.54) is 0 Å². The summed E-state index contributed by atoms with van der Waals surface area (Å²) in [6, 6.07) is 0. The summed E-state index contributed by atoms with van der Waals surface area (Å²) in [5.41, 5.74) is 0. The molecule has 0 aliphatic heterocycles. The standard InChI is InChI=1S/3C3H9O3P.3ClH.Ir/c3*1-4-7(5-2)6-3;;;;/h3*1-3H3;3*1H;/q;;;;;;+3/p-3. The number of hydrogen-bond donors (Lipinski definition) is 0. The SMILES string of the molecule is COP(OC)OC.COP(OC)OC.COP(OC)OC.[Cl][Ir]([Cl])[Cl]. The van der Waals surface area contributed by atoms with Crippen molar-refractivity contribution in [2.75, 3.05) is 64.0 Å². The van der Waals surface area contributed by atoms with Gasteiger partial charge >= 0.3 is 68.0 Å². The fourth-order valence-electron chi connectivity index (χ4n) is 0.671. The molecule has 16 heteroatoms. The van der Waals surface area contributed by atoms with Crippen LogP contribution in [0.15, 0.2) is 0 Å². The van der Waals surface area contributed by atoms with Crippen LogP contribution in [0.5, 0.6) is 0 Å². The van der Waals surface area contributed by atoms with Crippen molar-refractivity contribution in [2.45, 2.75) is 0 Å². The average molecular weight is 671 g/mol. The Bertz CT molecular complexity index is 172. The Balaban J connectivity index is -0.000000120. The van der Waals surface area contributed by atoms with Crippen LogP contribution < -0.4 is 0 Å². The average Bonchev–Trinajstić information content (AvgIpc) is 2.60. The number of rotatable bonds is 9. The van der Waals surface area contributed by atoms with Crippen molar-refractivity contribution in [2.24, 2.45) is 0 Å². The van der Waals surface area contributed by atoms with Crippen LogP contribution in [0, 0.1) is 0 Å². The van der Waals surface area contributed by atoms with Gasteiger partial charge in [0.1, 0.15) is 0 Å². The third-order valence-corrected chi connectivity index (χ3v) is 4.02. The van der Waals surface area contributed by atoms with E-state index in [0.29, 0.717) is 0 Å². The number of halogens is 3. The zero-order valence-corrected chi connectivity index (χ0v) is 22.8. The van der Waals surface area contributed by atoms with Gasteiger partial charge in [-0.05, 0) is 0 Å². The first-order valence-electron chi connectivity index (χ1n) is 5.70. The normalized spacial score (nSPS) is 10.4. The molecular weight excluding hydrogens is 644 g/mol. The molecule has 0 spiro atoms. The molecule has 0 bridgehead atoms. The van der Waals surface area contributed by atoms with Gasteiger partial charge in [0.05, 0.1) is 0 Å². The van der Waals surface area contributed by atoms with Crippen molar-refractivity contribution in [1.82, 2.24) is 0 Å². The van der Waals surface area contributed by atoms with E-state index in [2.05, 4.69) is 40.7 Å². The molecule has 0 rings (SSSR count). The second-order valence-corrected chi connectivity index (χ2v) is 17.5. The summed E-state index contributed by atoms with van der Waals surface area (Å²) < 4.78 is 42.0. The minimum atomic E-state index is -1.92. The first-order chi connectivity index (χ1) is 11.8. The summed E-state index contributed by atoms with van der Waals surface area (Å²) in [7, 11) is 25.6. The monoisotopic (exact) mass is 670 g/mol. The topological polar surface area (TPSA) is 83.1 Å². The van der Waals surface area contributed by atoms with Gasteiger partial charge < -0.3 is 40.7 Å². The van der Waals surface area contributed by atoms with Crippen LogP contribution in [0.4, 0.5) is 0 Å². The van der Waals surface area contributed by atoms with Crippen LogP contribution in [0.1, 0.15) is 0 Å². The van der Waals surface area contributed by atoms with Crippen LogP contribution >= 0.6 is 54.6 Å². The van der Waals surface area contributed by atoms with E-state index in [-0.39, 0.29) is 0 Å². The van der Waals surface area contributed by atoms with Gasteiger partial charge in [-0.3, -0.25) is 0 Å². The van der Waals surface area contributed by atoms with Crippen LogP contribution in [0.25, 0.3) is 0 Å². The first kappa shape index (κ1) is 34.9. The van der Waals surface area contributed by atoms with E-state index in [0.717, 1.165) is 0 Å². The second-order valence-electron chi connectivity index (χ2n) is 2.46. The van der Waals surface area contributed by atoms with Crippen molar-refractivity contribution < 1.29 is 54.2 Å². The minimum absolute atomic E-state index is 1.05. The molecule has 0 amide bonds. The van der Waals surface area contributed by atoms with Crippen molar-refractivity contribution in [3.8, 4) is 0 Å². The Morgan fingerprint density at radius 3 is 0.480 bits per heavy atom. The molecule has 0 unspecified atom stereocenters. The second kappa shape index (κ2) is 31.2. The molecule has 0 fully saturated rings. The molecule has 0 saturated carbocycles. The zero-order valence-electron chi connectivity index (χ0n) is 15.5. The Morgan fingerprint density at radius 1 is 0.400 bits per heavy atom. The van der Waals surface area contributed by atoms with Crippen molar-refractivity contribution in [1.29, 1.82) is 0 Å². The quantitative estimate of drug-likeness (QED) is 0.295. The van der Waals surface area contributed by atoms with Crippen molar-refractivity contribution in [3.05, 3.63) is 0 Å². The van der Waals surface area contributed by atoms with Crippen LogP contribution in [0.3, 0.4) is 0 Å². The van der Waals surface area contributed by atoms with Gasteiger partial charge in [-0.1, -0.05) is 0 Å². The summed E-state index contributed by atoms with van der Waals surface area (Å²) in [5, 5.41) is 0. The maximum atomic E-state index is 4.97. The van der Waals surface area contributed by atoms with E-state index >= 15 is 0 Å². The van der Waals surface area contributed by atoms with Gasteiger partial charge in [-0.15, -0.1) is 0 Å². The Kier molecular flexibility index (Phi) is 43.5. The fourth-order valence-corrected chi connectivity index (χ4v) is 2.01. The first-order valence-corrected chi connectivity index (χ1v) is 17.9. The predicted molar refractivity (Wildman–Crippen MR) is 101 cm³/mol. The third-order valence-electron chi connectivity index (χ3n) is 1.34. The molecule has 0 radical (unpaired) electrons. The van der Waals surface area contributed by atoms with Crippen LogP contribution in [-0.2, 0) is 54.2 Å². The molecule has 0 N–H and O–H groups in total. The van der Waals surface area contributed by atoms with E-state index in [1.54, 1.807) is 64.0 Å². The zero-order chi connectivity index (χ0) is 20.7. The molecule has 25 heavy (non-hydrogen) atoms. The van der Waals surface area contributed by atoms with Crippen molar-refractivity contribution in [3.63, 3.8) is 0 Å². The molecule has 0 aliphatic carbocycles. The third kappa shape index (κ3) is 37.8. The predicted octanol–water partition coefficient (Wildman–Crippen LogP) is 5.52. The molecule has 0 heterocycles. The van der Waals surface area contributed by atoms with Gasteiger partial charge in [0.2, 0.25) is 0 Å². The summed E-state index contributed by atoms with van der Waals surface area (Å²) in [5.74, 6) is 0. The molecule has 0 atom stereocenters.